The fraction of sp³-hybridized carbons (Fsp3) is 0.308. The van der Waals surface area contributed by atoms with Gasteiger partial charge < -0.3 is 10.5 Å². The molecule has 0 radical (unpaired) electrons. The number of halogens is 1. The van der Waals surface area contributed by atoms with Crippen LogP contribution in [0.4, 0.5) is 10.1 Å². The summed E-state index contributed by atoms with van der Waals surface area (Å²) in [5.41, 5.74) is 7.20. The van der Waals surface area contributed by atoms with Crippen LogP contribution in [-0.2, 0) is 0 Å². The van der Waals surface area contributed by atoms with E-state index in [-0.39, 0.29) is 23.1 Å². The summed E-state index contributed by atoms with van der Waals surface area (Å²) in [5, 5.41) is 19.4. The molecule has 7 heteroatoms. The maximum atomic E-state index is 13.8. The van der Waals surface area contributed by atoms with Gasteiger partial charge in [-0.3, -0.25) is 10.8 Å². The molecule has 20 heavy (non-hydrogen) atoms. The van der Waals surface area contributed by atoms with Crippen molar-refractivity contribution in [1.29, 1.82) is 10.7 Å². The quantitative estimate of drug-likeness (QED) is 0.420. The van der Waals surface area contributed by atoms with Crippen LogP contribution >= 0.6 is 0 Å². The summed E-state index contributed by atoms with van der Waals surface area (Å²) < 4.78 is 19.2. The lowest BCUT2D eigenvalue weighted by molar-refractivity contribution is 0.271. The van der Waals surface area contributed by atoms with Crippen LogP contribution in [-0.4, -0.2) is 18.2 Å². The minimum Gasteiger partial charge on any atom is -0.491 e. The SMILES string of the molecule is CC(C)COc1cccc(F)c1N/N=C(\C#N)C(=N)N. The van der Waals surface area contributed by atoms with Crippen molar-refractivity contribution in [1.82, 2.24) is 0 Å². The van der Waals surface area contributed by atoms with Gasteiger partial charge in [-0.15, -0.1) is 0 Å². The van der Waals surface area contributed by atoms with Crippen LogP contribution in [0.15, 0.2) is 23.3 Å². The molecule has 0 aliphatic rings. The number of ether oxygens (including phenoxy) is 1. The average molecular weight is 277 g/mol. The topological polar surface area (TPSA) is 107 Å². The minimum absolute atomic E-state index is 0.00199. The van der Waals surface area contributed by atoms with E-state index in [9.17, 15) is 4.39 Å². The highest BCUT2D eigenvalue weighted by atomic mass is 19.1. The van der Waals surface area contributed by atoms with Crippen LogP contribution in [0.3, 0.4) is 0 Å². The van der Waals surface area contributed by atoms with Gasteiger partial charge in [0.25, 0.3) is 0 Å². The molecule has 6 nitrogen and oxygen atoms in total. The van der Waals surface area contributed by atoms with Crippen LogP contribution in [0.5, 0.6) is 5.75 Å². The number of nitrogens with zero attached hydrogens (tertiary/aromatic N) is 2. The number of hydrogen-bond acceptors (Lipinski definition) is 5. The normalized spacial score (nSPS) is 11.1. The Labute approximate surface area is 116 Å². The van der Waals surface area contributed by atoms with Crippen molar-refractivity contribution >= 4 is 17.2 Å². The number of hydrazone groups is 1. The highest BCUT2D eigenvalue weighted by molar-refractivity contribution is 6.45. The standard InChI is InChI=1S/C13H16FN5O/c1-8(2)7-20-11-5-3-4-9(14)12(11)19-18-10(6-15)13(16)17/h3-5,8,19H,7H2,1-2H3,(H3,16,17)/b18-10+. The third-order valence-corrected chi connectivity index (χ3v) is 2.19. The Bertz CT molecular complexity index is 562. The number of para-hydroxylation sites is 1. The number of hydrogen-bond donors (Lipinski definition) is 3. The molecule has 0 heterocycles. The molecule has 106 valence electrons. The van der Waals surface area contributed by atoms with Crippen LogP contribution in [0.25, 0.3) is 0 Å². The first kappa shape index (κ1) is 15.4. The number of nitrogens with two attached hydrogens (primary N) is 1. The average Bonchev–Trinajstić information content (AvgIpc) is 2.38. The van der Waals surface area contributed by atoms with Crippen molar-refractivity contribution in [2.75, 3.05) is 12.0 Å². The van der Waals surface area contributed by atoms with Crippen molar-refractivity contribution in [2.45, 2.75) is 13.8 Å². The van der Waals surface area contributed by atoms with Crippen molar-refractivity contribution in [3.8, 4) is 11.8 Å². The Kier molecular flexibility index (Phi) is 5.47. The summed E-state index contributed by atoms with van der Waals surface area (Å²) in [7, 11) is 0. The number of anilines is 1. The maximum Gasteiger partial charge on any atom is 0.201 e. The van der Waals surface area contributed by atoms with E-state index in [0.29, 0.717) is 6.61 Å². The van der Waals surface area contributed by atoms with Gasteiger partial charge in [0, 0.05) is 0 Å². The lowest BCUT2D eigenvalue weighted by atomic mass is 10.2. The summed E-state index contributed by atoms with van der Waals surface area (Å²) in [6.45, 7) is 4.35. The second-order valence-electron chi connectivity index (χ2n) is 4.42. The molecule has 0 unspecified atom stereocenters. The third-order valence-electron chi connectivity index (χ3n) is 2.19. The first-order chi connectivity index (χ1) is 9.45. The Morgan fingerprint density at radius 1 is 1.60 bits per heavy atom. The van der Waals surface area contributed by atoms with Crippen LogP contribution < -0.4 is 15.9 Å². The summed E-state index contributed by atoms with van der Waals surface area (Å²) in [6.07, 6.45) is 0. The molecule has 0 aliphatic heterocycles. The molecule has 0 saturated heterocycles. The van der Waals surface area contributed by atoms with E-state index < -0.39 is 11.7 Å². The first-order valence-electron chi connectivity index (χ1n) is 5.95. The summed E-state index contributed by atoms with van der Waals surface area (Å²) in [4.78, 5) is 0. The fourth-order valence-corrected chi connectivity index (χ4v) is 1.25. The monoisotopic (exact) mass is 277 g/mol. The van der Waals surface area contributed by atoms with Gasteiger partial charge in [-0.05, 0) is 18.1 Å². The number of amidine groups is 1. The van der Waals surface area contributed by atoms with Gasteiger partial charge in [0.2, 0.25) is 5.71 Å². The van der Waals surface area contributed by atoms with E-state index in [1.807, 2.05) is 13.8 Å². The van der Waals surface area contributed by atoms with Crippen molar-refractivity contribution in [3.63, 3.8) is 0 Å². The Balaban J connectivity index is 2.99. The van der Waals surface area contributed by atoms with E-state index in [4.69, 9.17) is 21.1 Å². The molecule has 0 aliphatic carbocycles. The molecule has 0 amide bonds. The molecule has 4 N–H and O–H groups in total. The molecule has 0 fully saturated rings. The largest absolute Gasteiger partial charge is 0.491 e. The Morgan fingerprint density at radius 3 is 2.85 bits per heavy atom. The molecular weight excluding hydrogens is 261 g/mol. The molecule has 0 aromatic heterocycles. The Hall–Kier alpha value is -2.62. The van der Waals surface area contributed by atoms with Gasteiger partial charge in [-0.1, -0.05) is 19.9 Å². The zero-order valence-electron chi connectivity index (χ0n) is 11.3. The van der Waals surface area contributed by atoms with E-state index in [1.165, 1.54) is 12.1 Å². The van der Waals surface area contributed by atoms with Gasteiger partial charge in [0.05, 0.1) is 6.61 Å². The van der Waals surface area contributed by atoms with Crippen LogP contribution in [0, 0.1) is 28.5 Å². The van der Waals surface area contributed by atoms with Gasteiger partial charge >= 0.3 is 0 Å². The number of rotatable bonds is 6. The van der Waals surface area contributed by atoms with E-state index >= 15 is 0 Å². The zero-order chi connectivity index (χ0) is 15.1. The summed E-state index contributed by atoms with van der Waals surface area (Å²) in [5.74, 6) is -0.512. The van der Waals surface area contributed by atoms with Crippen LogP contribution in [0.2, 0.25) is 0 Å². The fourth-order valence-electron chi connectivity index (χ4n) is 1.25. The molecular formula is C13H16FN5O. The molecule has 1 aromatic rings. The molecule has 0 bridgehead atoms. The van der Waals surface area contributed by atoms with Gasteiger partial charge in [0.1, 0.15) is 17.5 Å². The minimum atomic E-state index is -0.573. The molecule has 0 atom stereocenters. The van der Waals surface area contributed by atoms with Gasteiger partial charge in [-0.25, -0.2) is 4.39 Å². The summed E-state index contributed by atoms with van der Waals surface area (Å²) >= 11 is 0. The summed E-state index contributed by atoms with van der Waals surface area (Å²) in [6, 6.07) is 5.97. The van der Waals surface area contributed by atoms with E-state index in [0.717, 1.165) is 0 Å². The van der Waals surface area contributed by atoms with Gasteiger partial charge in [-0.2, -0.15) is 10.4 Å². The molecule has 1 rings (SSSR count). The number of nitriles is 1. The first-order valence-corrected chi connectivity index (χ1v) is 5.95. The predicted molar refractivity (Wildman–Crippen MR) is 75.3 cm³/mol. The van der Waals surface area contributed by atoms with Crippen molar-refractivity contribution < 1.29 is 9.13 Å². The van der Waals surface area contributed by atoms with E-state index in [1.54, 1.807) is 12.1 Å². The molecule has 0 spiro atoms. The third kappa shape index (κ3) is 4.24. The second-order valence-corrected chi connectivity index (χ2v) is 4.42. The highest BCUT2D eigenvalue weighted by Crippen LogP contribution is 2.27. The zero-order valence-corrected chi connectivity index (χ0v) is 11.3. The predicted octanol–water partition coefficient (Wildman–Crippen LogP) is 2.09. The smallest absolute Gasteiger partial charge is 0.201 e. The Morgan fingerprint density at radius 2 is 2.30 bits per heavy atom. The highest BCUT2D eigenvalue weighted by Gasteiger charge is 2.11. The molecule has 0 saturated carbocycles. The number of benzene rings is 1. The lowest BCUT2D eigenvalue weighted by Gasteiger charge is -2.13. The molecule has 1 aromatic carbocycles. The lowest BCUT2D eigenvalue weighted by Crippen LogP contribution is -2.22. The van der Waals surface area contributed by atoms with Gasteiger partial charge in [0.15, 0.2) is 11.7 Å². The van der Waals surface area contributed by atoms with Crippen molar-refractivity contribution in [2.24, 2.45) is 16.8 Å². The van der Waals surface area contributed by atoms with E-state index in [2.05, 4.69) is 10.5 Å². The second kappa shape index (κ2) is 7.09. The maximum absolute atomic E-state index is 13.8. The number of nitrogens with one attached hydrogen (secondary N) is 2. The van der Waals surface area contributed by atoms with Crippen LogP contribution in [0.1, 0.15) is 13.8 Å². The van der Waals surface area contributed by atoms with Crippen molar-refractivity contribution in [3.05, 3.63) is 24.0 Å².